The first-order chi connectivity index (χ1) is 10.3. The Kier molecular flexibility index (Phi) is 5.51. The molecule has 2 aromatic rings. The number of hydrogen-bond acceptors (Lipinski definition) is 4. The SMILES string of the molecule is CCCNC(Cn1ncccc1=O)c1ccccc1OC. The zero-order valence-corrected chi connectivity index (χ0v) is 12.5. The molecule has 1 unspecified atom stereocenters. The minimum atomic E-state index is -0.101. The lowest BCUT2D eigenvalue weighted by atomic mass is 10.1. The molecule has 5 nitrogen and oxygen atoms in total. The molecule has 0 aliphatic rings. The van der Waals surface area contributed by atoms with E-state index in [-0.39, 0.29) is 11.6 Å². The van der Waals surface area contributed by atoms with Crippen LogP contribution in [-0.4, -0.2) is 23.4 Å². The molecule has 0 bridgehead atoms. The fourth-order valence-electron chi connectivity index (χ4n) is 2.24. The van der Waals surface area contributed by atoms with Gasteiger partial charge in [-0.3, -0.25) is 4.79 Å². The van der Waals surface area contributed by atoms with Crippen LogP contribution in [0.4, 0.5) is 0 Å². The minimum absolute atomic E-state index is 0.0197. The van der Waals surface area contributed by atoms with Crippen LogP contribution in [0.15, 0.2) is 47.4 Å². The second-order valence-electron chi connectivity index (χ2n) is 4.79. The number of nitrogens with zero attached hydrogens (tertiary/aromatic N) is 2. The van der Waals surface area contributed by atoms with Gasteiger partial charge >= 0.3 is 0 Å². The third kappa shape index (κ3) is 3.92. The molecule has 0 aliphatic heterocycles. The molecule has 0 fully saturated rings. The highest BCUT2D eigenvalue weighted by molar-refractivity contribution is 5.35. The largest absolute Gasteiger partial charge is 0.496 e. The van der Waals surface area contributed by atoms with Crippen molar-refractivity contribution in [2.45, 2.75) is 25.9 Å². The van der Waals surface area contributed by atoms with Crippen molar-refractivity contribution >= 4 is 0 Å². The Labute approximate surface area is 124 Å². The van der Waals surface area contributed by atoms with Gasteiger partial charge in [-0.05, 0) is 25.1 Å². The second-order valence-corrected chi connectivity index (χ2v) is 4.79. The van der Waals surface area contributed by atoms with Crippen LogP contribution >= 0.6 is 0 Å². The first kappa shape index (κ1) is 15.3. The normalized spacial score (nSPS) is 12.1. The highest BCUT2D eigenvalue weighted by Gasteiger charge is 2.16. The van der Waals surface area contributed by atoms with Crippen LogP contribution < -0.4 is 15.6 Å². The van der Waals surface area contributed by atoms with E-state index in [1.165, 1.54) is 10.7 Å². The molecule has 112 valence electrons. The highest BCUT2D eigenvalue weighted by Crippen LogP contribution is 2.25. The third-order valence-corrected chi connectivity index (χ3v) is 3.30. The molecule has 1 heterocycles. The van der Waals surface area contributed by atoms with Gasteiger partial charge in [-0.2, -0.15) is 5.10 Å². The van der Waals surface area contributed by atoms with Crippen LogP contribution in [0.3, 0.4) is 0 Å². The van der Waals surface area contributed by atoms with Crippen LogP contribution in [-0.2, 0) is 6.54 Å². The summed E-state index contributed by atoms with van der Waals surface area (Å²) in [6.45, 7) is 3.45. The quantitative estimate of drug-likeness (QED) is 0.846. The zero-order valence-electron chi connectivity index (χ0n) is 12.5. The molecule has 2 rings (SSSR count). The Balaban J connectivity index is 2.30. The lowest BCUT2D eigenvalue weighted by Crippen LogP contribution is -2.32. The van der Waals surface area contributed by atoms with Crippen molar-refractivity contribution in [3.8, 4) is 5.75 Å². The summed E-state index contributed by atoms with van der Waals surface area (Å²) in [6.07, 6.45) is 2.64. The van der Waals surface area contributed by atoms with E-state index in [0.717, 1.165) is 24.3 Å². The summed E-state index contributed by atoms with van der Waals surface area (Å²) < 4.78 is 6.90. The summed E-state index contributed by atoms with van der Waals surface area (Å²) in [5, 5.41) is 7.59. The summed E-state index contributed by atoms with van der Waals surface area (Å²) in [4.78, 5) is 11.9. The summed E-state index contributed by atoms with van der Waals surface area (Å²) >= 11 is 0. The van der Waals surface area contributed by atoms with Gasteiger partial charge in [-0.1, -0.05) is 25.1 Å². The first-order valence-electron chi connectivity index (χ1n) is 7.14. The number of para-hydroxylation sites is 1. The van der Waals surface area contributed by atoms with Crippen molar-refractivity contribution in [2.24, 2.45) is 0 Å². The van der Waals surface area contributed by atoms with Gasteiger partial charge in [-0.15, -0.1) is 0 Å². The Morgan fingerprint density at radius 3 is 2.81 bits per heavy atom. The molecule has 1 aromatic heterocycles. The van der Waals surface area contributed by atoms with Crippen molar-refractivity contribution in [1.29, 1.82) is 0 Å². The van der Waals surface area contributed by atoms with Gasteiger partial charge in [0, 0.05) is 17.8 Å². The van der Waals surface area contributed by atoms with Gasteiger partial charge in [0.15, 0.2) is 0 Å². The Hall–Kier alpha value is -2.14. The summed E-state index contributed by atoms with van der Waals surface area (Å²) in [5.74, 6) is 0.815. The fraction of sp³-hybridized carbons (Fsp3) is 0.375. The lowest BCUT2D eigenvalue weighted by Gasteiger charge is -2.21. The maximum absolute atomic E-state index is 11.9. The molecule has 1 atom stereocenters. The number of benzene rings is 1. The Morgan fingerprint density at radius 2 is 2.10 bits per heavy atom. The standard InChI is InChI=1S/C16H21N3O2/c1-3-10-17-14(12-19-16(20)9-6-11-18-19)13-7-4-5-8-15(13)21-2/h4-9,11,14,17H,3,10,12H2,1-2H3. The van der Waals surface area contributed by atoms with Crippen LogP contribution in [0, 0.1) is 0 Å². The summed E-state index contributed by atoms with van der Waals surface area (Å²) in [5.41, 5.74) is 0.932. The van der Waals surface area contributed by atoms with Crippen molar-refractivity contribution in [1.82, 2.24) is 15.1 Å². The monoisotopic (exact) mass is 287 g/mol. The van der Waals surface area contributed by atoms with Crippen molar-refractivity contribution in [3.05, 3.63) is 58.5 Å². The van der Waals surface area contributed by atoms with Crippen LogP contribution in [0.5, 0.6) is 5.75 Å². The zero-order chi connectivity index (χ0) is 15.1. The van der Waals surface area contributed by atoms with Crippen LogP contribution in [0.2, 0.25) is 0 Å². The highest BCUT2D eigenvalue weighted by atomic mass is 16.5. The van der Waals surface area contributed by atoms with E-state index in [2.05, 4.69) is 17.3 Å². The van der Waals surface area contributed by atoms with Gasteiger partial charge in [-0.25, -0.2) is 4.68 Å². The molecule has 0 aliphatic carbocycles. The van der Waals surface area contributed by atoms with Crippen molar-refractivity contribution < 1.29 is 4.74 Å². The van der Waals surface area contributed by atoms with Gasteiger partial charge < -0.3 is 10.1 Å². The smallest absolute Gasteiger partial charge is 0.266 e. The van der Waals surface area contributed by atoms with E-state index in [0.29, 0.717) is 6.54 Å². The maximum Gasteiger partial charge on any atom is 0.266 e. The lowest BCUT2D eigenvalue weighted by molar-refractivity contribution is 0.380. The van der Waals surface area contributed by atoms with Gasteiger partial charge in [0.05, 0.1) is 19.7 Å². The van der Waals surface area contributed by atoms with E-state index < -0.39 is 0 Å². The molecule has 0 radical (unpaired) electrons. The molecule has 0 amide bonds. The summed E-state index contributed by atoms with van der Waals surface area (Å²) in [7, 11) is 1.66. The van der Waals surface area contributed by atoms with Gasteiger partial charge in [0.2, 0.25) is 0 Å². The Morgan fingerprint density at radius 1 is 1.29 bits per heavy atom. The number of methoxy groups -OCH3 is 1. The molecule has 0 spiro atoms. The number of aromatic nitrogens is 2. The number of nitrogens with one attached hydrogen (secondary N) is 1. The number of rotatable bonds is 7. The van der Waals surface area contributed by atoms with E-state index >= 15 is 0 Å². The van der Waals surface area contributed by atoms with E-state index in [1.54, 1.807) is 19.4 Å². The van der Waals surface area contributed by atoms with Crippen LogP contribution in [0.1, 0.15) is 24.9 Å². The average molecular weight is 287 g/mol. The molecule has 0 saturated heterocycles. The number of ether oxygens (including phenoxy) is 1. The number of hydrogen-bond donors (Lipinski definition) is 1. The van der Waals surface area contributed by atoms with E-state index in [4.69, 9.17) is 4.74 Å². The third-order valence-electron chi connectivity index (χ3n) is 3.30. The van der Waals surface area contributed by atoms with E-state index in [9.17, 15) is 4.79 Å². The molecule has 5 heteroatoms. The average Bonchev–Trinajstić information content (AvgIpc) is 2.53. The molecule has 1 aromatic carbocycles. The van der Waals surface area contributed by atoms with E-state index in [1.807, 2.05) is 24.3 Å². The molecule has 21 heavy (non-hydrogen) atoms. The van der Waals surface area contributed by atoms with Gasteiger partial charge in [0.25, 0.3) is 5.56 Å². The molecule has 1 N–H and O–H groups in total. The minimum Gasteiger partial charge on any atom is -0.496 e. The molecular weight excluding hydrogens is 266 g/mol. The maximum atomic E-state index is 11.9. The van der Waals surface area contributed by atoms with Crippen molar-refractivity contribution in [2.75, 3.05) is 13.7 Å². The predicted octanol–water partition coefficient (Wildman–Crippen LogP) is 1.99. The second kappa shape index (κ2) is 7.59. The summed E-state index contributed by atoms with van der Waals surface area (Å²) in [6, 6.07) is 11.0. The predicted molar refractivity (Wildman–Crippen MR) is 82.5 cm³/mol. The molecule has 0 saturated carbocycles. The fourth-order valence-corrected chi connectivity index (χ4v) is 2.24. The van der Waals surface area contributed by atoms with Crippen molar-refractivity contribution in [3.63, 3.8) is 0 Å². The van der Waals surface area contributed by atoms with Gasteiger partial charge in [0.1, 0.15) is 5.75 Å². The Bertz CT molecular complexity index is 625. The topological polar surface area (TPSA) is 56.2 Å². The molecular formula is C16H21N3O2. The first-order valence-corrected chi connectivity index (χ1v) is 7.14. The van der Waals surface area contributed by atoms with Crippen LogP contribution in [0.25, 0.3) is 0 Å².